The SMILES string of the molecule is Cc1nc(OCC2CNCCO2)ccc1Br. The standard InChI is InChI=1S/C11H15BrN2O2/c1-8-10(12)2-3-11(14-8)16-7-9-6-13-4-5-15-9/h2-3,9,13H,4-7H2,1H3. The normalized spacial score (nSPS) is 20.8. The van der Waals surface area contributed by atoms with Gasteiger partial charge in [-0.25, -0.2) is 4.98 Å². The van der Waals surface area contributed by atoms with Crippen LogP contribution >= 0.6 is 15.9 Å². The molecule has 1 N–H and O–H groups in total. The second-order valence-corrected chi connectivity index (χ2v) is 4.58. The van der Waals surface area contributed by atoms with Gasteiger partial charge < -0.3 is 14.8 Å². The summed E-state index contributed by atoms with van der Waals surface area (Å²) < 4.78 is 12.1. The van der Waals surface area contributed by atoms with E-state index in [9.17, 15) is 0 Å². The highest BCUT2D eigenvalue weighted by Gasteiger charge is 2.14. The third-order valence-corrected chi connectivity index (χ3v) is 3.26. The molecule has 1 aromatic rings. The first-order valence-electron chi connectivity index (χ1n) is 5.34. The van der Waals surface area contributed by atoms with Crippen LogP contribution in [0.5, 0.6) is 5.88 Å². The summed E-state index contributed by atoms with van der Waals surface area (Å²) in [6, 6.07) is 3.80. The molecule has 0 bridgehead atoms. The van der Waals surface area contributed by atoms with Gasteiger partial charge in [-0.3, -0.25) is 0 Å². The van der Waals surface area contributed by atoms with Gasteiger partial charge in [-0.15, -0.1) is 0 Å². The highest BCUT2D eigenvalue weighted by molar-refractivity contribution is 9.10. The molecule has 1 unspecified atom stereocenters. The van der Waals surface area contributed by atoms with E-state index in [1.165, 1.54) is 0 Å². The number of halogens is 1. The topological polar surface area (TPSA) is 43.4 Å². The van der Waals surface area contributed by atoms with Crippen LogP contribution in [0.3, 0.4) is 0 Å². The molecule has 1 saturated heterocycles. The molecular formula is C11H15BrN2O2. The first kappa shape index (κ1) is 11.8. The molecule has 1 aliphatic heterocycles. The molecule has 0 aromatic carbocycles. The molecule has 5 heteroatoms. The molecule has 0 saturated carbocycles. The molecule has 1 fully saturated rings. The van der Waals surface area contributed by atoms with Crippen LogP contribution in [0.15, 0.2) is 16.6 Å². The van der Waals surface area contributed by atoms with E-state index in [1.807, 2.05) is 19.1 Å². The Kier molecular flexibility index (Phi) is 4.15. The van der Waals surface area contributed by atoms with Crippen LogP contribution in [0.1, 0.15) is 5.69 Å². The Morgan fingerprint density at radius 1 is 1.62 bits per heavy atom. The van der Waals surface area contributed by atoms with E-state index in [1.54, 1.807) is 0 Å². The van der Waals surface area contributed by atoms with Crippen molar-refractivity contribution in [1.82, 2.24) is 10.3 Å². The van der Waals surface area contributed by atoms with Crippen molar-refractivity contribution in [3.8, 4) is 5.88 Å². The minimum Gasteiger partial charge on any atom is -0.475 e. The molecule has 16 heavy (non-hydrogen) atoms. The van der Waals surface area contributed by atoms with Gasteiger partial charge in [0.2, 0.25) is 5.88 Å². The van der Waals surface area contributed by atoms with E-state index in [0.29, 0.717) is 12.5 Å². The summed E-state index contributed by atoms with van der Waals surface area (Å²) in [6.07, 6.45) is 0.125. The lowest BCUT2D eigenvalue weighted by molar-refractivity contribution is -0.000772. The number of aryl methyl sites for hydroxylation is 1. The first-order valence-corrected chi connectivity index (χ1v) is 6.13. The number of morpholine rings is 1. The number of ether oxygens (including phenoxy) is 2. The molecule has 1 aliphatic rings. The van der Waals surface area contributed by atoms with E-state index in [-0.39, 0.29) is 6.10 Å². The molecule has 0 amide bonds. The van der Waals surface area contributed by atoms with E-state index >= 15 is 0 Å². The Morgan fingerprint density at radius 3 is 3.19 bits per heavy atom. The van der Waals surface area contributed by atoms with Crippen LogP contribution in [0.2, 0.25) is 0 Å². The first-order chi connectivity index (χ1) is 7.75. The summed E-state index contributed by atoms with van der Waals surface area (Å²) in [5.41, 5.74) is 0.931. The molecule has 4 nitrogen and oxygen atoms in total. The number of nitrogens with one attached hydrogen (secondary N) is 1. The van der Waals surface area contributed by atoms with E-state index in [4.69, 9.17) is 9.47 Å². The van der Waals surface area contributed by atoms with Gasteiger partial charge in [0.1, 0.15) is 12.7 Å². The summed E-state index contributed by atoms with van der Waals surface area (Å²) in [7, 11) is 0. The maximum atomic E-state index is 5.58. The maximum Gasteiger partial charge on any atom is 0.213 e. The second-order valence-electron chi connectivity index (χ2n) is 3.72. The monoisotopic (exact) mass is 286 g/mol. The number of aromatic nitrogens is 1. The van der Waals surface area contributed by atoms with E-state index < -0.39 is 0 Å². The number of hydrogen-bond donors (Lipinski definition) is 1. The molecule has 1 aromatic heterocycles. The van der Waals surface area contributed by atoms with Crippen molar-refractivity contribution in [1.29, 1.82) is 0 Å². The van der Waals surface area contributed by atoms with Crippen molar-refractivity contribution in [2.45, 2.75) is 13.0 Å². The van der Waals surface area contributed by atoms with Crippen LogP contribution < -0.4 is 10.1 Å². The molecule has 0 radical (unpaired) electrons. The molecule has 0 aliphatic carbocycles. The molecule has 2 heterocycles. The van der Waals surface area contributed by atoms with Crippen LogP contribution in [0.25, 0.3) is 0 Å². The quantitative estimate of drug-likeness (QED) is 0.915. The molecular weight excluding hydrogens is 272 g/mol. The highest BCUT2D eigenvalue weighted by Crippen LogP contribution is 2.17. The van der Waals surface area contributed by atoms with Crippen molar-refractivity contribution >= 4 is 15.9 Å². The third kappa shape index (κ3) is 3.17. The van der Waals surface area contributed by atoms with Gasteiger partial charge >= 0.3 is 0 Å². The van der Waals surface area contributed by atoms with E-state index in [2.05, 4.69) is 26.2 Å². The number of hydrogen-bond acceptors (Lipinski definition) is 4. The summed E-state index contributed by atoms with van der Waals surface area (Å²) in [5, 5.41) is 3.26. The predicted octanol–water partition coefficient (Wildman–Crippen LogP) is 1.52. The van der Waals surface area contributed by atoms with Crippen LogP contribution in [0, 0.1) is 6.92 Å². The van der Waals surface area contributed by atoms with E-state index in [0.717, 1.165) is 29.9 Å². The van der Waals surface area contributed by atoms with Gasteiger partial charge in [0.25, 0.3) is 0 Å². The van der Waals surface area contributed by atoms with Crippen LogP contribution in [-0.2, 0) is 4.74 Å². The minimum atomic E-state index is 0.125. The van der Waals surface area contributed by atoms with Gasteiger partial charge in [0.05, 0.1) is 12.3 Å². The summed E-state index contributed by atoms with van der Waals surface area (Å²) in [4.78, 5) is 4.31. The Labute approximate surface area is 103 Å². The lowest BCUT2D eigenvalue weighted by atomic mass is 10.3. The predicted molar refractivity (Wildman–Crippen MR) is 64.8 cm³/mol. The fourth-order valence-corrected chi connectivity index (χ4v) is 1.73. The van der Waals surface area contributed by atoms with Gasteiger partial charge in [-0.2, -0.15) is 0 Å². The van der Waals surface area contributed by atoms with Crippen molar-refractivity contribution in [2.75, 3.05) is 26.3 Å². The van der Waals surface area contributed by atoms with Crippen molar-refractivity contribution < 1.29 is 9.47 Å². The lowest BCUT2D eigenvalue weighted by Crippen LogP contribution is -2.41. The fraction of sp³-hybridized carbons (Fsp3) is 0.545. The molecule has 1 atom stereocenters. The van der Waals surface area contributed by atoms with Gasteiger partial charge in [0, 0.05) is 23.6 Å². The Hall–Kier alpha value is -0.650. The Bertz CT molecular complexity index is 354. The maximum absolute atomic E-state index is 5.58. The summed E-state index contributed by atoms with van der Waals surface area (Å²) in [6.45, 7) is 5.00. The number of pyridine rings is 1. The average Bonchev–Trinajstić information content (AvgIpc) is 2.32. The fourth-order valence-electron chi connectivity index (χ4n) is 1.51. The van der Waals surface area contributed by atoms with Gasteiger partial charge in [0.15, 0.2) is 0 Å². The zero-order valence-corrected chi connectivity index (χ0v) is 10.8. The summed E-state index contributed by atoms with van der Waals surface area (Å²) >= 11 is 3.40. The minimum absolute atomic E-state index is 0.125. The Morgan fingerprint density at radius 2 is 2.50 bits per heavy atom. The Balaban J connectivity index is 1.86. The zero-order valence-electron chi connectivity index (χ0n) is 9.20. The highest BCUT2D eigenvalue weighted by atomic mass is 79.9. The molecule has 88 valence electrons. The lowest BCUT2D eigenvalue weighted by Gasteiger charge is -2.23. The van der Waals surface area contributed by atoms with Gasteiger partial charge in [-0.1, -0.05) is 0 Å². The third-order valence-electron chi connectivity index (χ3n) is 2.42. The zero-order chi connectivity index (χ0) is 11.4. The van der Waals surface area contributed by atoms with Crippen molar-refractivity contribution in [3.05, 3.63) is 22.3 Å². The molecule has 2 rings (SSSR count). The van der Waals surface area contributed by atoms with Gasteiger partial charge in [-0.05, 0) is 28.9 Å². The number of nitrogens with zero attached hydrogens (tertiary/aromatic N) is 1. The number of rotatable bonds is 3. The average molecular weight is 287 g/mol. The summed E-state index contributed by atoms with van der Waals surface area (Å²) in [5.74, 6) is 0.648. The smallest absolute Gasteiger partial charge is 0.213 e. The van der Waals surface area contributed by atoms with Crippen LogP contribution in [0.4, 0.5) is 0 Å². The van der Waals surface area contributed by atoms with Crippen molar-refractivity contribution in [2.24, 2.45) is 0 Å². The van der Waals surface area contributed by atoms with Crippen LogP contribution in [-0.4, -0.2) is 37.4 Å². The van der Waals surface area contributed by atoms with Crippen molar-refractivity contribution in [3.63, 3.8) is 0 Å². The molecule has 0 spiro atoms. The second kappa shape index (κ2) is 5.61. The largest absolute Gasteiger partial charge is 0.475 e.